The number of carbonyl (C=O) groups is 1. The fourth-order valence-electron chi connectivity index (χ4n) is 2.07. The minimum Gasteiger partial charge on any atom is -0.444 e. The van der Waals surface area contributed by atoms with Crippen LogP contribution in [0.2, 0.25) is 5.02 Å². The van der Waals surface area contributed by atoms with Crippen molar-refractivity contribution in [2.24, 2.45) is 0 Å². The number of nitrogens with one attached hydrogen (secondary N) is 2. The van der Waals surface area contributed by atoms with Gasteiger partial charge in [0.15, 0.2) is 0 Å². The molecule has 2 rings (SSSR count). The van der Waals surface area contributed by atoms with E-state index >= 15 is 0 Å². The molecule has 1 aromatic carbocycles. The van der Waals surface area contributed by atoms with Crippen LogP contribution in [-0.2, 0) is 11.3 Å². The molecule has 0 saturated carbocycles. The number of thiophene rings is 1. The molecule has 1 unspecified atom stereocenters. The van der Waals surface area contributed by atoms with Crippen LogP contribution in [0.3, 0.4) is 0 Å². The maximum Gasteiger partial charge on any atom is 0.407 e. The highest BCUT2D eigenvalue weighted by Gasteiger charge is 2.16. The lowest BCUT2D eigenvalue weighted by Crippen LogP contribution is -2.40. The van der Waals surface area contributed by atoms with E-state index in [0.717, 1.165) is 15.3 Å². The smallest absolute Gasteiger partial charge is 0.407 e. The number of rotatable bonds is 5. The second-order valence-electron chi connectivity index (χ2n) is 6.50. The van der Waals surface area contributed by atoms with E-state index in [9.17, 15) is 4.79 Å². The third-order valence-electron chi connectivity index (χ3n) is 3.16. The van der Waals surface area contributed by atoms with Crippen molar-refractivity contribution >= 4 is 39.1 Å². The zero-order valence-electron chi connectivity index (χ0n) is 13.9. The van der Waals surface area contributed by atoms with E-state index in [1.165, 1.54) is 4.70 Å². The average molecular weight is 355 g/mol. The minimum absolute atomic E-state index is 0.115. The lowest BCUT2D eigenvalue weighted by molar-refractivity contribution is 0.0523. The molecule has 0 aliphatic rings. The lowest BCUT2D eigenvalue weighted by Gasteiger charge is -2.21. The highest BCUT2D eigenvalue weighted by Crippen LogP contribution is 2.34. The highest BCUT2D eigenvalue weighted by molar-refractivity contribution is 7.19. The average Bonchev–Trinajstić information content (AvgIpc) is 2.78. The maximum absolute atomic E-state index is 11.6. The van der Waals surface area contributed by atoms with Crippen LogP contribution in [0.5, 0.6) is 0 Å². The SMILES string of the molecule is CC(CNC(=O)OC(C)(C)C)NCc1sc2ccccc2c1Cl. The largest absolute Gasteiger partial charge is 0.444 e. The Balaban J connectivity index is 1.83. The van der Waals surface area contributed by atoms with Crippen LogP contribution in [0.15, 0.2) is 24.3 Å². The zero-order chi connectivity index (χ0) is 17.0. The number of hydrogen-bond acceptors (Lipinski definition) is 4. The topological polar surface area (TPSA) is 50.4 Å². The zero-order valence-corrected chi connectivity index (χ0v) is 15.5. The van der Waals surface area contributed by atoms with Crippen molar-refractivity contribution in [3.05, 3.63) is 34.2 Å². The number of amides is 1. The van der Waals surface area contributed by atoms with E-state index in [1.807, 2.05) is 45.9 Å². The Morgan fingerprint density at radius 3 is 2.70 bits per heavy atom. The van der Waals surface area contributed by atoms with Crippen molar-refractivity contribution in [1.82, 2.24) is 10.6 Å². The Bertz CT molecular complexity index is 679. The summed E-state index contributed by atoms with van der Waals surface area (Å²) < 4.78 is 6.40. The van der Waals surface area contributed by atoms with E-state index in [0.29, 0.717) is 13.1 Å². The lowest BCUT2D eigenvalue weighted by atomic mass is 10.2. The molecule has 0 aliphatic carbocycles. The number of halogens is 1. The third kappa shape index (κ3) is 5.37. The Morgan fingerprint density at radius 2 is 2.04 bits per heavy atom. The molecule has 1 amide bonds. The summed E-state index contributed by atoms with van der Waals surface area (Å²) in [6.45, 7) is 8.72. The van der Waals surface area contributed by atoms with Gasteiger partial charge in [-0.3, -0.25) is 0 Å². The molecule has 1 atom stereocenters. The number of benzene rings is 1. The molecule has 0 bridgehead atoms. The number of fused-ring (bicyclic) bond motifs is 1. The van der Waals surface area contributed by atoms with Gasteiger partial charge in [-0.15, -0.1) is 11.3 Å². The monoisotopic (exact) mass is 354 g/mol. The molecular formula is C17H23ClN2O2S. The van der Waals surface area contributed by atoms with Crippen LogP contribution in [0.4, 0.5) is 4.79 Å². The van der Waals surface area contributed by atoms with Crippen LogP contribution >= 0.6 is 22.9 Å². The number of ether oxygens (including phenoxy) is 1. The molecule has 1 heterocycles. The van der Waals surface area contributed by atoms with Gasteiger partial charge in [-0.05, 0) is 33.8 Å². The fourth-order valence-corrected chi connectivity index (χ4v) is 3.52. The van der Waals surface area contributed by atoms with E-state index in [4.69, 9.17) is 16.3 Å². The van der Waals surface area contributed by atoms with Crippen LogP contribution in [0, 0.1) is 0 Å². The minimum atomic E-state index is -0.481. The molecule has 126 valence electrons. The molecule has 0 radical (unpaired) electrons. The van der Waals surface area contributed by atoms with Gasteiger partial charge in [0.1, 0.15) is 5.60 Å². The molecule has 0 aliphatic heterocycles. The van der Waals surface area contributed by atoms with E-state index in [-0.39, 0.29) is 6.04 Å². The standard InChI is InChI=1S/C17H23ClN2O2S/c1-11(9-20-16(21)22-17(2,3)4)19-10-14-15(18)12-7-5-6-8-13(12)23-14/h5-8,11,19H,9-10H2,1-4H3,(H,20,21). The highest BCUT2D eigenvalue weighted by atomic mass is 35.5. The first-order valence-electron chi connectivity index (χ1n) is 7.62. The van der Waals surface area contributed by atoms with E-state index in [1.54, 1.807) is 11.3 Å². The fraction of sp³-hybridized carbons (Fsp3) is 0.471. The van der Waals surface area contributed by atoms with Gasteiger partial charge in [0.05, 0.1) is 5.02 Å². The number of alkyl carbamates (subject to hydrolysis) is 1. The Hall–Kier alpha value is -1.30. The maximum atomic E-state index is 11.6. The first-order chi connectivity index (χ1) is 10.8. The second-order valence-corrected chi connectivity index (χ2v) is 8.01. The summed E-state index contributed by atoms with van der Waals surface area (Å²) in [6, 6.07) is 8.23. The van der Waals surface area contributed by atoms with Crippen molar-refractivity contribution in [2.75, 3.05) is 6.54 Å². The van der Waals surface area contributed by atoms with Crippen LogP contribution in [-0.4, -0.2) is 24.3 Å². The van der Waals surface area contributed by atoms with Crippen LogP contribution in [0.25, 0.3) is 10.1 Å². The van der Waals surface area contributed by atoms with Gasteiger partial charge >= 0.3 is 6.09 Å². The van der Waals surface area contributed by atoms with Gasteiger partial charge in [-0.1, -0.05) is 29.8 Å². The summed E-state index contributed by atoms with van der Waals surface area (Å²) in [6.07, 6.45) is -0.397. The number of carbonyl (C=O) groups excluding carboxylic acids is 1. The first kappa shape index (κ1) is 18.0. The Kier molecular flexibility index (Phi) is 5.89. The van der Waals surface area contributed by atoms with Gasteiger partial charge in [-0.2, -0.15) is 0 Å². The molecule has 2 N–H and O–H groups in total. The van der Waals surface area contributed by atoms with Crippen molar-refractivity contribution in [3.63, 3.8) is 0 Å². The van der Waals surface area contributed by atoms with Crippen molar-refractivity contribution in [2.45, 2.75) is 45.9 Å². The number of hydrogen-bond donors (Lipinski definition) is 2. The molecule has 6 heteroatoms. The predicted molar refractivity (Wildman–Crippen MR) is 97.4 cm³/mol. The molecular weight excluding hydrogens is 332 g/mol. The van der Waals surface area contributed by atoms with Gasteiger partial charge < -0.3 is 15.4 Å². The second kappa shape index (κ2) is 7.51. The molecule has 0 fully saturated rings. The summed E-state index contributed by atoms with van der Waals surface area (Å²) in [5.41, 5.74) is -0.481. The molecule has 23 heavy (non-hydrogen) atoms. The summed E-state index contributed by atoms with van der Waals surface area (Å²) in [5.74, 6) is 0. The summed E-state index contributed by atoms with van der Waals surface area (Å²) in [7, 11) is 0. The van der Waals surface area contributed by atoms with Crippen molar-refractivity contribution in [3.8, 4) is 0 Å². The molecule has 4 nitrogen and oxygen atoms in total. The van der Waals surface area contributed by atoms with Crippen LogP contribution < -0.4 is 10.6 Å². The predicted octanol–water partition coefficient (Wildman–Crippen LogP) is 4.56. The normalized spacial score (nSPS) is 13.1. The molecule has 0 saturated heterocycles. The quantitative estimate of drug-likeness (QED) is 0.827. The van der Waals surface area contributed by atoms with Gasteiger partial charge in [0.2, 0.25) is 0 Å². The molecule has 0 spiro atoms. The van der Waals surface area contributed by atoms with Gasteiger partial charge in [0, 0.05) is 34.1 Å². The van der Waals surface area contributed by atoms with E-state index < -0.39 is 11.7 Å². The Morgan fingerprint density at radius 1 is 1.35 bits per heavy atom. The van der Waals surface area contributed by atoms with E-state index in [2.05, 4.69) is 16.7 Å². The molecule has 2 aromatic rings. The Labute approximate surface area is 146 Å². The van der Waals surface area contributed by atoms with Gasteiger partial charge in [-0.25, -0.2) is 4.79 Å². The van der Waals surface area contributed by atoms with Crippen molar-refractivity contribution in [1.29, 1.82) is 0 Å². The van der Waals surface area contributed by atoms with Crippen molar-refractivity contribution < 1.29 is 9.53 Å². The first-order valence-corrected chi connectivity index (χ1v) is 8.82. The van der Waals surface area contributed by atoms with Gasteiger partial charge in [0.25, 0.3) is 0 Å². The summed E-state index contributed by atoms with van der Waals surface area (Å²) >= 11 is 8.11. The summed E-state index contributed by atoms with van der Waals surface area (Å²) in [4.78, 5) is 12.7. The molecule has 1 aromatic heterocycles. The van der Waals surface area contributed by atoms with Crippen LogP contribution in [0.1, 0.15) is 32.6 Å². The summed E-state index contributed by atoms with van der Waals surface area (Å²) in [5, 5.41) is 8.04. The third-order valence-corrected chi connectivity index (χ3v) is 4.88.